The van der Waals surface area contributed by atoms with Gasteiger partial charge in [-0.2, -0.15) is 0 Å². The number of carboxylic acid groups (broad SMARTS) is 2. The third-order valence-corrected chi connectivity index (χ3v) is 2.77. The zero-order valence-corrected chi connectivity index (χ0v) is 11.2. The molecule has 2 aromatic rings. The van der Waals surface area contributed by atoms with Gasteiger partial charge in [-0.05, 0) is 18.2 Å². The van der Waals surface area contributed by atoms with E-state index in [1.54, 1.807) is 18.2 Å². The summed E-state index contributed by atoms with van der Waals surface area (Å²) in [7, 11) is 1.50. The van der Waals surface area contributed by atoms with Crippen molar-refractivity contribution >= 4 is 28.7 Å². The van der Waals surface area contributed by atoms with Gasteiger partial charge < -0.3 is 19.8 Å². The molecule has 0 fully saturated rings. The fourth-order valence-electron chi connectivity index (χ4n) is 1.93. The third-order valence-electron chi connectivity index (χ3n) is 2.77. The second kappa shape index (κ2) is 6.04. The second-order valence-corrected chi connectivity index (χ2v) is 4.22. The molecule has 1 aromatic heterocycles. The maximum absolute atomic E-state index is 10.9. The predicted octanol–water partition coefficient (Wildman–Crippen LogP) is 0.614. The SMILES string of the molecule is COc1ccc2ncnc(N(CC(=O)O)CC(=O)O)c2c1. The lowest BCUT2D eigenvalue weighted by Gasteiger charge is -2.20. The van der Waals surface area contributed by atoms with Gasteiger partial charge in [-0.3, -0.25) is 9.59 Å². The lowest BCUT2D eigenvalue weighted by Crippen LogP contribution is -2.35. The molecule has 0 aliphatic rings. The molecule has 8 heteroatoms. The number of aromatic nitrogens is 2. The Kier molecular flexibility index (Phi) is 4.17. The molecule has 110 valence electrons. The van der Waals surface area contributed by atoms with Crippen LogP contribution in [-0.2, 0) is 9.59 Å². The minimum absolute atomic E-state index is 0.240. The van der Waals surface area contributed by atoms with Crippen LogP contribution in [0, 0.1) is 0 Å². The standard InChI is InChI=1S/C13H13N3O5/c1-21-8-2-3-10-9(4-8)13(15-7-14-10)16(5-11(17)18)6-12(19)20/h2-4,7H,5-6H2,1H3,(H,17,18)(H,19,20). The van der Waals surface area contributed by atoms with Crippen molar-refractivity contribution in [2.75, 3.05) is 25.1 Å². The number of rotatable bonds is 6. The van der Waals surface area contributed by atoms with Crippen LogP contribution < -0.4 is 9.64 Å². The van der Waals surface area contributed by atoms with Crippen LogP contribution in [0.4, 0.5) is 5.82 Å². The topological polar surface area (TPSA) is 113 Å². The van der Waals surface area contributed by atoms with Crippen LogP contribution in [0.15, 0.2) is 24.5 Å². The van der Waals surface area contributed by atoms with Crippen LogP contribution in [0.25, 0.3) is 10.9 Å². The van der Waals surface area contributed by atoms with Gasteiger partial charge in [0.15, 0.2) is 0 Å². The van der Waals surface area contributed by atoms with Crippen molar-refractivity contribution in [2.45, 2.75) is 0 Å². The number of carboxylic acids is 2. The normalized spacial score (nSPS) is 10.3. The number of ether oxygens (including phenoxy) is 1. The average molecular weight is 291 g/mol. The number of fused-ring (bicyclic) bond motifs is 1. The Hall–Kier alpha value is -2.90. The highest BCUT2D eigenvalue weighted by molar-refractivity contribution is 5.93. The Morgan fingerprint density at radius 2 is 1.86 bits per heavy atom. The van der Waals surface area contributed by atoms with Gasteiger partial charge in [-0.25, -0.2) is 9.97 Å². The maximum atomic E-state index is 10.9. The van der Waals surface area contributed by atoms with Gasteiger partial charge >= 0.3 is 11.9 Å². The molecule has 0 spiro atoms. The van der Waals surface area contributed by atoms with Gasteiger partial charge in [0, 0.05) is 5.39 Å². The fraction of sp³-hybridized carbons (Fsp3) is 0.231. The molecular weight excluding hydrogens is 278 g/mol. The second-order valence-electron chi connectivity index (χ2n) is 4.22. The molecule has 21 heavy (non-hydrogen) atoms. The monoisotopic (exact) mass is 291 g/mol. The van der Waals surface area contributed by atoms with Crippen molar-refractivity contribution in [3.05, 3.63) is 24.5 Å². The van der Waals surface area contributed by atoms with E-state index >= 15 is 0 Å². The molecule has 0 saturated heterocycles. The predicted molar refractivity (Wildman–Crippen MR) is 73.6 cm³/mol. The first-order valence-electron chi connectivity index (χ1n) is 5.98. The number of anilines is 1. The van der Waals surface area contributed by atoms with E-state index in [1.807, 2.05) is 0 Å². The van der Waals surface area contributed by atoms with Crippen LogP contribution in [-0.4, -0.2) is 52.3 Å². The zero-order valence-electron chi connectivity index (χ0n) is 11.2. The quantitative estimate of drug-likeness (QED) is 0.796. The van der Waals surface area contributed by atoms with Gasteiger partial charge in [0.1, 0.15) is 31.0 Å². The first-order valence-corrected chi connectivity index (χ1v) is 5.98. The fourth-order valence-corrected chi connectivity index (χ4v) is 1.93. The number of methoxy groups -OCH3 is 1. The minimum Gasteiger partial charge on any atom is -0.497 e. The first kappa shape index (κ1) is 14.5. The maximum Gasteiger partial charge on any atom is 0.323 e. The molecule has 1 heterocycles. The average Bonchev–Trinajstić information content (AvgIpc) is 2.44. The molecule has 0 bridgehead atoms. The lowest BCUT2D eigenvalue weighted by atomic mass is 10.2. The highest BCUT2D eigenvalue weighted by Gasteiger charge is 2.18. The Morgan fingerprint density at radius 1 is 1.19 bits per heavy atom. The van der Waals surface area contributed by atoms with E-state index in [9.17, 15) is 9.59 Å². The molecule has 2 N–H and O–H groups in total. The number of hydrogen-bond acceptors (Lipinski definition) is 6. The van der Waals surface area contributed by atoms with Gasteiger partial charge in [0.25, 0.3) is 0 Å². The molecule has 0 atom stereocenters. The molecule has 0 unspecified atom stereocenters. The number of aliphatic carboxylic acids is 2. The molecule has 0 radical (unpaired) electrons. The first-order chi connectivity index (χ1) is 10.0. The van der Waals surface area contributed by atoms with E-state index in [0.29, 0.717) is 16.7 Å². The highest BCUT2D eigenvalue weighted by atomic mass is 16.5. The molecule has 2 rings (SSSR count). The Bertz CT molecular complexity index is 673. The van der Waals surface area contributed by atoms with Crippen LogP contribution in [0.3, 0.4) is 0 Å². The number of benzene rings is 1. The van der Waals surface area contributed by atoms with Crippen molar-refractivity contribution in [3.8, 4) is 5.75 Å². The van der Waals surface area contributed by atoms with E-state index in [4.69, 9.17) is 14.9 Å². The van der Waals surface area contributed by atoms with Crippen molar-refractivity contribution < 1.29 is 24.5 Å². The van der Waals surface area contributed by atoms with Crippen LogP contribution in [0.2, 0.25) is 0 Å². The summed E-state index contributed by atoms with van der Waals surface area (Å²) in [5.74, 6) is -1.51. The lowest BCUT2D eigenvalue weighted by molar-refractivity contribution is -0.136. The summed E-state index contributed by atoms with van der Waals surface area (Å²) in [5.41, 5.74) is 0.571. The molecular formula is C13H13N3O5. The number of nitrogens with zero attached hydrogens (tertiary/aromatic N) is 3. The molecule has 0 aliphatic heterocycles. The highest BCUT2D eigenvalue weighted by Crippen LogP contribution is 2.26. The van der Waals surface area contributed by atoms with Crippen LogP contribution in [0.1, 0.15) is 0 Å². The van der Waals surface area contributed by atoms with E-state index in [0.717, 1.165) is 4.90 Å². The van der Waals surface area contributed by atoms with Gasteiger partial charge in [0.05, 0.1) is 12.6 Å². The summed E-state index contributed by atoms with van der Waals surface area (Å²) in [6, 6.07) is 5.04. The molecule has 8 nitrogen and oxygen atoms in total. The molecule has 0 saturated carbocycles. The summed E-state index contributed by atoms with van der Waals surface area (Å²) in [6.07, 6.45) is 1.26. The Labute approximate surface area is 119 Å². The zero-order chi connectivity index (χ0) is 15.4. The van der Waals surface area contributed by atoms with Crippen LogP contribution >= 0.6 is 0 Å². The van der Waals surface area contributed by atoms with Crippen molar-refractivity contribution in [1.82, 2.24) is 9.97 Å². The van der Waals surface area contributed by atoms with Crippen LogP contribution in [0.5, 0.6) is 5.75 Å². The summed E-state index contributed by atoms with van der Waals surface area (Å²) < 4.78 is 5.11. The Balaban J connectivity index is 2.54. The summed E-state index contributed by atoms with van der Waals surface area (Å²) in [6.45, 7) is -0.953. The van der Waals surface area contributed by atoms with E-state index in [-0.39, 0.29) is 5.82 Å². The summed E-state index contributed by atoms with van der Waals surface area (Å²) in [4.78, 5) is 31.1. The number of hydrogen-bond donors (Lipinski definition) is 2. The molecule has 1 aromatic carbocycles. The van der Waals surface area contributed by atoms with Crippen molar-refractivity contribution in [1.29, 1.82) is 0 Å². The van der Waals surface area contributed by atoms with E-state index in [1.165, 1.54) is 13.4 Å². The largest absolute Gasteiger partial charge is 0.497 e. The smallest absolute Gasteiger partial charge is 0.323 e. The van der Waals surface area contributed by atoms with E-state index in [2.05, 4.69) is 9.97 Å². The third kappa shape index (κ3) is 3.35. The summed E-state index contributed by atoms with van der Waals surface area (Å²) in [5, 5.41) is 18.4. The van der Waals surface area contributed by atoms with E-state index < -0.39 is 25.0 Å². The summed E-state index contributed by atoms with van der Waals surface area (Å²) >= 11 is 0. The van der Waals surface area contributed by atoms with Crippen molar-refractivity contribution in [2.24, 2.45) is 0 Å². The molecule has 0 amide bonds. The van der Waals surface area contributed by atoms with Gasteiger partial charge in [-0.15, -0.1) is 0 Å². The minimum atomic E-state index is -1.15. The van der Waals surface area contributed by atoms with Gasteiger partial charge in [0.2, 0.25) is 0 Å². The van der Waals surface area contributed by atoms with Crippen molar-refractivity contribution in [3.63, 3.8) is 0 Å². The molecule has 0 aliphatic carbocycles. The Morgan fingerprint density at radius 3 is 2.43 bits per heavy atom. The number of carbonyl (C=O) groups is 2. The van der Waals surface area contributed by atoms with Gasteiger partial charge in [-0.1, -0.05) is 0 Å².